The molecule has 1 saturated heterocycles. The van der Waals surface area contributed by atoms with E-state index in [-0.39, 0.29) is 23.6 Å². The highest BCUT2D eigenvalue weighted by Gasteiger charge is 2.42. The number of nitrogens with one attached hydrogen (secondary N) is 2. The van der Waals surface area contributed by atoms with Crippen LogP contribution < -0.4 is 5.32 Å². The molecular formula is C19H29N5O2. The fraction of sp³-hybridized carbons (Fsp3) is 0.789. The molecule has 1 aromatic rings. The van der Waals surface area contributed by atoms with E-state index in [2.05, 4.69) is 25.4 Å². The van der Waals surface area contributed by atoms with Crippen LogP contribution in [0, 0.1) is 17.8 Å². The van der Waals surface area contributed by atoms with Crippen LogP contribution in [0.5, 0.6) is 0 Å². The smallest absolute Gasteiger partial charge is 0.290 e. The van der Waals surface area contributed by atoms with Crippen molar-refractivity contribution in [2.24, 2.45) is 17.8 Å². The minimum atomic E-state index is -0.275. The Kier molecular flexibility index (Phi) is 4.96. The van der Waals surface area contributed by atoms with Crippen LogP contribution in [0.15, 0.2) is 0 Å². The lowest BCUT2D eigenvalue weighted by Gasteiger charge is -2.38. The Morgan fingerprint density at radius 2 is 1.81 bits per heavy atom. The van der Waals surface area contributed by atoms with Crippen molar-refractivity contribution in [2.75, 3.05) is 20.1 Å². The van der Waals surface area contributed by atoms with E-state index in [9.17, 15) is 9.59 Å². The average molecular weight is 359 g/mol. The minimum absolute atomic E-state index is 0.190. The van der Waals surface area contributed by atoms with Gasteiger partial charge in [0.2, 0.25) is 11.7 Å². The van der Waals surface area contributed by atoms with E-state index in [1.165, 1.54) is 32.1 Å². The number of hydrogen-bond donors (Lipinski definition) is 2. The molecule has 0 aromatic carbocycles. The fourth-order valence-electron chi connectivity index (χ4n) is 4.83. The summed E-state index contributed by atoms with van der Waals surface area (Å²) in [6.45, 7) is 1.57. The Bertz CT molecular complexity index is 661. The molecule has 0 bridgehead atoms. The van der Waals surface area contributed by atoms with Crippen LogP contribution in [-0.2, 0) is 4.79 Å². The third-order valence-corrected chi connectivity index (χ3v) is 6.49. The highest BCUT2D eigenvalue weighted by molar-refractivity contribution is 5.90. The molecule has 2 aliphatic carbocycles. The highest BCUT2D eigenvalue weighted by Crippen LogP contribution is 2.47. The van der Waals surface area contributed by atoms with E-state index >= 15 is 0 Å². The molecule has 0 radical (unpaired) electrons. The quantitative estimate of drug-likeness (QED) is 0.861. The number of amides is 2. The molecule has 3 aliphatic rings. The van der Waals surface area contributed by atoms with Crippen molar-refractivity contribution in [3.63, 3.8) is 0 Å². The molecule has 26 heavy (non-hydrogen) atoms. The third kappa shape index (κ3) is 3.48. The first kappa shape index (κ1) is 17.5. The lowest BCUT2D eigenvalue weighted by Crippen LogP contribution is -2.44. The summed E-state index contributed by atoms with van der Waals surface area (Å²) in [7, 11) is 1.57. The molecule has 7 nitrogen and oxygen atoms in total. The van der Waals surface area contributed by atoms with Crippen LogP contribution in [0.3, 0.4) is 0 Å². The zero-order chi connectivity index (χ0) is 18.1. The number of carbonyl (C=O) groups is 2. The largest absolute Gasteiger partial charge is 0.352 e. The number of H-pyrrole nitrogens is 1. The number of carbonyl (C=O) groups excluding carboxylic acids is 2. The van der Waals surface area contributed by atoms with Gasteiger partial charge in [-0.1, -0.05) is 12.8 Å². The summed E-state index contributed by atoms with van der Waals surface area (Å²) < 4.78 is 0. The summed E-state index contributed by atoms with van der Waals surface area (Å²) in [5.74, 6) is 3.04. The molecular weight excluding hydrogens is 330 g/mol. The van der Waals surface area contributed by atoms with Gasteiger partial charge in [0.25, 0.3) is 5.91 Å². The van der Waals surface area contributed by atoms with Crippen LogP contribution in [0.1, 0.15) is 73.7 Å². The normalized spacial score (nSPS) is 27.3. The summed E-state index contributed by atoms with van der Waals surface area (Å²) >= 11 is 0. The first-order valence-corrected chi connectivity index (χ1v) is 10.1. The highest BCUT2D eigenvalue weighted by atomic mass is 16.2. The van der Waals surface area contributed by atoms with Gasteiger partial charge < -0.3 is 10.2 Å². The van der Waals surface area contributed by atoms with Crippen LogP contribution in [-0.4, -0.2) is 52.0 Å². The zero-order valence-electron chi connectivity index (χ0n) is 15.5. The molecule has 2 saturated carbocycles. The Balaban J connectivity index is 1.34. The molecule has 4 rings (SSSR count). The number of nitrogens with zero attached hydrogens (tertiary/aromatic N) is 3. The summed E-state index contributed by atoms with van der Waals surface area (Å²) in [5, 5.41) is 9.44. The van der Waals surface area contributed by atoms with E-state index in [1.54, 1.807) is 7.05 Å². The topological polar surface area (TPSA) is 91.0 Å². The van der Waals surface area contributed by atoms with E-state index in [0.29, 0.717) is 11.8 Å². The van der Waals surface area contributed by atoms with Crippen LogP contribution in [0.4, 0.5) is 0 Å². The molecule has 142 valence electrons. The number of aromatic nitrogens is 3. The average Bonchev–Trinajstić information content (AvgIpc) is 3.43. The molecule has 2 unspecified atom stereocenters. The predicted molar refractivity (Wildman–Crippen MR) is 96.5 cm³/mol. The van der Waals surface area contributed by atoms with Crippen LogP contribution >= 0.6 is 0 Å². The van der Waals surface area contributed by atoms with Gasteiger partial charge >= 0.3 is 0 Å². The molecule has 1 aliphatic heterocycles. The molecule has 3 fully saturated rings. The third-order valence-electron chi connectivity index (χ3n) is 6.49. The van der Waals surface area contributed by atoms with Crippen LogP contribution in [0.2, 0.25) is 0 Å². The monoisotopic (exact) mass is 359 g/mol. The predicted octanol–water partition coefficient (Wildman–Crippen LogP) is 2.09. The van der Waals surface area contributed by atoms with Crippen molar-refractivity contribution in [3.8, 4) is 0 Å². The van der Waals surface area contributed by atoms with E-state index < -0.39 is 0 Å². The second-order valence-corrected chi connectivity index (χ2v) is 8.12. The first-order valence-electron chi connectivity index (χ1n) is 10.1. The molecule has 1 aromatic heterocycles. The summed E-state index contributed by atoms with van der Waals surface area (Å²) in [4.78, 5) is 31.1. The van der Waals surface area contributed by atoms with Gasteiger partial charge in [-0.15, -0.1) is 5.10 Å². The van der Waals surface area contributed by atoms with Crippen molar-refractivity contribution in [1.82, 2.24) is 25.4 Å². The Labute approximate surface area is 154 Å². The van der Waals surface area contributed by atoms with Crippen molar-refractivity contribution < 1.29 is 9.59 Å². The maximum atomic E-state index is 13.1. The lowest BCUT2D eigenvalue weighted by atomic mass is 9.75. The van der Waals surface area contributed by atoms with E-state index in [4.69, 9.17) is 0 Å². The van der Waals surface area contributed by atoms with Gasteiger partial charge in [0.05, 0.1) is 0 Å². The second kappa shape index (κ2) is 7.37. The lowest BCUT2D eigenvalue weighted by molar-refractivity contribution is -0.140. The summed E-state index contributed by atoms with van der Waals surface area (Å²) in [5.41, 5.74) is 0. The number of likely N-dealkylation sites (tertiary alicyclic amines) is 1. The Morgan fingerprint density at radius 1 is 1.08 bits per heavy atom. The van der Waals surface area contributed by atoms with Gasteiger partial charge in [0.15, 0.2) is 0 Å². The number of hydrogen-bond acceptors (Lipinski definition) is 4. The summed E-state index contributed by atoms with van der Waals surface area (Å²) in [6, 6.07) is 0. The van der Waals surface area contributed by atoms with Gasteiger partial charge in [-0.3, -0.25) is 14.7 Å². The zero-order valence-corrected chi connectivity index (χ0v) is 15.5. The van der Waals surface area contributed by atoms with Crippen molar-refractivity contribution >= 4 is 11.8 Å². The van der Waals surface area contributed by atoms with Crippen molar-refractivity contribution in [3.05, 3.63) is 11.6 Å². The standard InChI is InChI=1S/C19H29N5O2/c1-20-18(25)17-21-16(22-23-17)13-8-10-24(11-9-13)19(26)15-5-3-2-4-14(15)12-6-7-12/h12-15H,2-11H2,1H3,(H,20,25)(H,21,22,23). The first-order chi connectivity index (χ1) is 12.7. The Hall–Kier alpha value is -1.92. The Morgan fingerprint density at radius 3 is 2.50 bits per heavy atom. The number of piperidine rings is 1. The number of aromatic amines is 1. The SMILES string of the molecule is CNC(=O)c1n[nH]c(C2CCN(C(=O)C3CCCCC3C3CC3)CC2)n1. The molecule has 2 heterocycles. The van der Waals surface area contributed by atoms with E-state index in [0.717, 1.165) is 44.1 Å². The van der Waals surface area contributed by atoms with Crippen LogP contribution in [0.25, 0.3) is 0 Å². The molecule has 2 N–H and O–H groups in total. The van der Waals surface area contributed by atoms with Gasteiger partial charge in [-0.2, -0.15) is 0 Å². The molecule has 7 heteroatoms. The molecule has 2 atom stereocenters. The maximum absolute atomic E-state index is 13.1. The number of rotatable bonds is 4. The van der Waals surface area contributed by atoms with Gasteiger partial charge in [-0.05, 0) is 50.4 Å². The van der Waals surface area contributed by atoms with Gasteiger partial charge in [0, 0.05) is 32.0 Å². The molecule has 0 spiro atoms. The molecule has 2 amide bonds. The fourth-order valence-corrected chi connectivity index (χ4v) is 4.83. The minimum Gasteiger partial charge on any atom is -0.352 e. The van der Waals surface area contributed by atoms with Gasteiger partial charge in [-0.25, -0.2) is 4.98 Å². The second-order valence-electron chi connectivity index (χ2n) is 8.12. The summed E-state index contributed by atoms with van der Waals surface area (Å²) in [6.07, 6.45) is 9.26. The maximum Gasteiger partial charge on any atom is 0.290 e. The van der Waals surface area contributed by atoms with Crippen molar-refractivity contribution in [2.45, 2.75) is 57.3 Å². The van der Waals surface area contributed by atoms with Crippen molar-refractivity contribution in [1.29, 1.82) is 0 Å². The van der Waals surface area contributed by atoms with E-state index in [1.807, 2.05) is 0 Å². The van der Waals surface area contributed by atoms with Gasteiger partial charge in [0.1, 0.15) is 5.82 Å².